The number of hydrogen-bond donors (Lipinski definition) is 1. The van der Waals surface area contributed by atoms with E-state index in [0.717, 1.165) is 42.3 Å². The highest BCUT2D eigenvalue weighted by Crippen LogP contribution is 2.33. The molecule has 36 heavy (non-hydrogen) atoms. The number of pyridine rings is 1. The molecule has 0 amide bonds. The van der Waals surface area contributed by atoms with Gasteiger partial charge in [-0.25, -0.2) is 4.68 Å². The summed E-state index contributed by atoms with van der Waals surface area (Å²) in [5, 5.41) is 16.1. The normalized spacial score (nSPS) is 17.3. The molecule has 1 aromatic carbocycles. The number of ether oxygens (including phenoxy) is 1. The van der Waals surface area contributed by atoms with Crippen molar-refractivity contribution in [3.63, 3.8) is 0 Å². The first kappa shape index (κ1) is 24.8. The lowest BCUT2D eigenvalue weighted by Gasteiger charge is -2.34. The summed E-state index contributed by atoms with van der Waals surface area (Å²) in [6, 6.07) is 11.9. The Morgan fingerprint density at radius 1 is 1.31 bits per heavy atom. The molecule has 0 radical (unpaired) electrons. The lowest BCUT2D eigenvalue weighted by Crippen LogP contribution is -2.41. The van der Waals surface area contributed by atoms with E-state index in [1.54, 1.807) is 11.3 Å². The number of nitrogens with zero attached hydrogens (tertiary/aromatic N) is 5. The van der Waals surface area contributed by atoms with Gasteiger partial charge in [0.25, 0.3) is 5.56 Å². The molecule has 1 saturated heterocycles. The van der Waals surface area contributed by atoms with Gasteiger partial charge >= 0.3 is 0 Å². The topological polar surface area (TPSA) is 88.9 Å². The van der Waals surface area contributed by atoms with Gasteiger partial charge in [-0.3, -0.25) is 9.69 Å². The second kappa shape index (κ2) is 10.2. The first-order chi connectivity index (χ1) is 17.4. The van der Waals surface area contributed by atoms with Crippen LogP contribution in [0.3, 0.4) is 0 Å². The molecule has 190 valence electrons. The standard InChI is InChI=1S/C27H34N6O2S/c1-5-27(3,4)33-25(29-30-31-33)24(22-15-19-11-10-18(2)14-23(19)28-26(22)34)32(16-20-8-6-12-35-20)17-21-9-7-13-36-21/h7,9-11,13-15,20,24H,5-6,8,12,16-17H2,1-4H3,(H,28,34)/t20-,24+/m1/s1. The zero-order chi connectivity index (χ0) is 25.3. The van der Waals surface area contributed by atoms with Crippen LogP contribution in [-0.4, -0.2) is 49.3 Å². The summed E-state index contributed by atoms with van der Waals surface area (Å²) in [6.45, 7) is 10.5. The van der Waals surface area contributed by atoms with Crippen LogP contribution in [0.2, 0.25) is 0 Å². The van der Waals surface area contributed by atoms with E-state index in [0.29, 0.717) is 24.5 Å². The van der Waals surface area contributed by atoms with Gasteiger partial charge in [0.1, 0.15) is 6.04 Å². The number of aromatic nitrogens is 5. The Hall–Kier alpha value is -2.88. The summed E-state index contributed by atoms with van der Waals surface area (Å²) < 4.78 is 7.95. The van der Waals surface area contributed by atoms with Crippen molar-refractivity contribution in [1.82, 2.24) is 30.1 Å². The van der Waals surface area contributed by atoms with Crippen LogP contribution < -0.4 is 5.56 Å². The van der Waals surface area contributed by atoms with Crippen molar-refractivity contribution in [3.05, 3.63) is 74.0 Å². The summed E-state index contributed by atoms with van der Waals surface area (Å²) in [5.41, 5.74) is 2.15. The zero-order valence-corrected chi connectivity index (χ0v) is 22.2. The fourth-order valence-corrected chi connectivity index (χ4v) is 5.62. The summed E-state index contributed by atoms with van der Waals surface area (Å²) in [4.78, 5) is 20.3. The molecule has 0 aliphatic carbocycles. The van der Waals surface area contributed by atoms with Gasteiger partial charge in [-0.2, -0.15) is 0 Å². The predicted molar refractivity (Wildman–Crippen MR) is 142 cm³/mol. The Morgan fingerprint density at radius 3 is 2.89 bits per heavy atom. The number of aromatic amines is 1. The number of tetrazole rings is 1. The molecule has 9 heteroatoms. The SMILES string of the molecule is CCC(C)(C)n1nnnc1[C@H](c1cc2ccc(C)cc2[nH]c1=O)N(Cc1cccs1)C[C@H]1CCCO1. The largest absolute Gasteiger partial charge is 0.377 e. The third kappa shape index (κ3) is 5.00. The zero-order valence-electron chi connectivity index (χ0n) is 21.4. The lowest BCUT2D eigenvalue weighted by atomic mass is 9.98. The van der Waals surface area contributed by atoms with E-state index in [-0.39, 0.29) is 17.2 Å². The minimum atomic E-state index is -0.438. The molecule has 0 spiro atoms. The highest BCUT2D eigenvalue weighted by molar-refractivity contribution is 7.09. The van der Waals surface area contributed by atoms with Crippen LogP contribution in [0.4, 0.5) is 0 Å². The van der Waals surface area contributed by atoms with Crippen LogP contribution in [-0.2, 0) is 16.8 Å². The Bertz CT molecular complexity index is 1370. The van der Waals surface area contributed by atoms with Crippen molar-refractivity contribution in [2.24, 2.45) is 0 Å². The average molecular weight is 507 g/mol. The lowest BCUT2D eigenvalue weighted by molar-refractivity contribution is 0.0566. The second-order valence-corrected chi connectivity index (χ2v) is 11.3. The maximum Gasteiger partial charge on any atom is 0.253 e. The van der Waals surface area contributed by atoms with E-state index >= 15 is 0 Å². The first-order valence-electron chi connectivity index (χ1n) is 12.7. The van der Waals surface area contributed by atoms with Gasteiger partial charge in [0.05, 0.1) is 11.6 Å². The number of rotatable bonds is 9. The number of H-pyrrole nitrogens is 1. The van der Waals surface area contributed by atoms with Crippen LogP contribution in [0.15, 0.2) is 46.6 Å². The maximum absolute atomic E-state index is 13.7. The van der Waals surface area contributed by atoms with E-state index in [4.69, 9.17) is 4.74 Å². The number of nitrogens with one attached hydrogen (secondary N) is 1. The first-order valence-corrected chi connectivity index (χ1v) is 13.5. The molecule has 0 saturated carbocycles. The minimum Gasteiger partial charge on any atom is -0.377 e. The highest BCUT2D eigenvalue weighted by atomic mass is 32.1. The van der Waals surface area contributed by atoms with Gasteiger partial charge in [-0.05, 0) is 85.0 Å². The fourth-order valence-electron chi connectivity index (χ4n) is 4.89. The van der Waals surface area contributed by atoms with Gasteiger partial charge in [-0.15, -0.1) is 16.4 Å². The van der Waals surface area contributed by atoms with Gasteiger partial charge < -0.3 is 9.72 Å². The van der Waals surface area contributed by atoms with Crippen LogP contribution >= 0.6 is 11.3 Å². The smallest absolute Gasteiger partial charge is 0.253 e. The van der Waals surface area contributed by atoms with Crippen molar-refractivity contribution in [2.75, 3.05) is 13.2 Å². The van der Waals surface area contributed by atoms with Crippen molar-refractivity contribution in [2.45, 2.75) is 71.2 Å². The van der Waals surface area contributed by atoms with Gasteiger partial charge in [0, 0.05) is 35.7 Å². The van der Waals surface area contributed by atoms with Gasteiger partial charge in [0.2, 0.25) is 0 Å². The molecular formula is C27H34N6O2S. The predicted octanol–water partition coefficient (Wildman–Crippen LogP) is 4.80. The molecule has 0 unspecified atom stereocenters. The number of aryl methyl sites for hydroxylation is 1. The van der Waals surface area contributed by atoms with E-state index < -0.39 is 6.04 Å². The number of fused-ring (bicyclic) bond motifs is 1. The third-order valence-electron chi connectivity index (χ3n) is 7.27. The molecule has 1 aliphatic rings. The summed E-state index contributed by atoms with van der Waals surface area (Å²) >= 11 is 1.71. The number of thiophene rings is 1. The Balaban J connectivity index is 1.69. The van der Waals surface area contributed by atoms with Crippen LogP contribution in [0.25, 0.3) is 10.9 Å². The maximum atomic E-state index is 13.7. The van der Waals surface area contributed by atoms with Gasteiger partial charge in [-0.1, -0.05) is 25.1 Å². The van der Waals surface area contributed by atoms with E-state index in [9.17, 15) is 4.79 Å². The molecule has 4 aromatic rings. The molecular weight excluding hydrogens is 472 g/mol. The van der Waals surface area contributed by atoms with Gasteiger partial charge in [0.15, 0.2) is 5.82 Å². The number of benzene rings is 1. The molecule has 4 heterocycles. The molecule has 0 bridgehead atoms. The summed E-state index contributed by atoms with van der Waals surface area (Å²) in [7, 11) is 0. The molecule has 5 rings (SSSR count). The van der Waals surface area contributed by atoms with Crippen molar-refractivity contribution >= 4 is 22.2 Å². The summed E-state index contributed by atoms with van der Waals surface area (Å²) in [6.07, 6.45) is 3.02. The highest BCUT2D eigenvalue weighted by Gasteiger charge is 2.36. The Labute approximate surface area is 215 Å². The summed E-state index contributed by atoms with van der Waals surface area (Å²) in [5.74, 6) is 0.674. The van der Waals surface area contributed by atoms with Crippen LogP contribution in [0.1, 0.15) is 67.9 Å². The minimum absolute atomic E-state index is 0.109. The van der Waals surface area contributed by atoms with Crippen molar-refractivity contribution in [1.29, 1.82) is 0 Å². The average Bonchev–Trinajstić information content (AvgIpc) is 3.63. The van der Waals surface area contributed by atoms with Crippen molar-refractivity contribution in [3.8, 4) is 0 Å². The molecule has 1 N–H and O–H groups in total. The van der Waals surface area contributed by atoms with E-state index in [2.05, 4.69) is 75.8 Å². The molecule has 8 nitrogen and oxygen atoms in total. The quantitative estimate of drug-likeness (QED) is 0.351. The molecule has 2 atom stereocenters. The van der Waals surface area contributed by atoms with E-state index in [1.165, 1.54) is 4.88 Å². The molecule has 1 aliphatic heterocycles. The second-order valence-electron chi connectivity index (χ2n) is 10.3. The third-order valence-corrected chi connectivity index (χ3v) is 8.13. The Kier molecular flexibility index (Phi) is 7.05. The molecule has 3 aromatic heterocycles. The van der Waals surface area contributed by atoms with E-state index in [1.807, 2.05) is 23.7 Å². The van der Waals surface area contributed by atoms with Crippen LogP contribution in [0, 0.1) is 6.92 Å². The monoisotopic (exact) mass is 506 g/mol. The number of hydrogen-bond acceptors (Lipinski definition) is 7. The fraction of sp³-hybridized carbons (Fsp3) is 0.481. The molecule has 1 fully saturated rings. The Morgan fingerprint density at radius 2 is 2.17 bits per heavy atom. The van der Waals surface area contributed by atoms with Crippen LogP contribution in [0.5, 0.6) is 0 Å². The van der Waals surface area contributed by atoms with Crippen molar-refractivity contribution < 1.29 is 4.74 Å².